The fraction of sp³-hybridized carbons (Fsp3) is 0.200. The fourth-order valence-corrected chi connectivity index (χ4v) is 5.40. The smallest absolute Gasteiger partial charge is 0.264 e. The third-order valence-electron chi connectivity index (χ3n) is 6.95. The number of aromatic nitrogens is 1. The lowest BCUT2D eigenvalue weighted by molar-refractivity contribution is -0.126. The normalized spacial score (nSPS) is 14.2. The van der Waals surface area contributed by atoms with Gasteiger partial charge in [0, 0.05) is 70.6 Å². The van der Waals surface area contributed by atoms with E-state index in [0.29, 0.717) is 29.7 Å². The van der Waals surface area contributed by atoms with Crippen molar-refractivity contribution in [2.45, 2.75) is 13.5 Å². The van der Waals surface area contributed by atoms with Crippen LogP contribution in [0.15, 0.2) is 78.4 Å². The number of amides is 1. The third-order valence-corrected chi connectivity index (χ3v) is 7.54. The Morgan fingerprint density at radius 1 is 0.973 bits per heavy atom. The van der Waals surface area contributed by atoms with Crippen molar-refractivity contribution in [3.05, 3.63) is 105 Å². The Bertz CT molecular complexity index is 1530. The van der Waals surface area contributed by atoms with E-state index in [1.807, 2.05) is 61.5 Å². The summed E-state index contributed by atoms with van der Waals surface area (Å²) in [5.41, 5.74) is 5.07. The maximum Gasteiger partial charge on any atom is 0.264 e. The lowest BCUT2D eigenvalue weighted by atomic mass is 10.1. The van der Waals surface area contributed by atoms with Crippen LogP contribution in [-0.2, 0) is 11.3 Å². The SMILES string of the molecule is Cc1c(/C=C(/C#N)C(=O)N2CCN(c3ccccc3)CC2)c2ccccc2n1Cc1ccc(Cl)cc1Cl. The average molecular weight is 529 g/mol. The number of benzene rings is 3. The highest BCUT2D eigenvalue weighted by molar-refractivity contribution is 6.35. The van der Waals surface area contributed by atoms with E-state index in [4.69, 9.17) is 23.2 Å². The lowest BCUT2D eigenvalue weighted by Gasteiger charge is -2.36. The van der Waals surface area contributed by atoms with Gasteiger partial charge in [0.15, 0.2) is 0 Å². The van der Waals surface area contributed by atoms with Crippen LogP contribution in [0.2, 0.25) is 10.0 Å². The monoisotopic (exact) mass is 528 g/mol. The first-order chi connectivity index (χ1) is 18.0. The summed E-state index contributed by atoms with van der Waals surface area (Å²) in [6.45, 7) is 5.16. The summed E-state index contributed by atoms with van der Waals surface area (Å²) in [6, 6.07) is 25.9. The largest absolute Gasteiger partial charge is 0.368 e. The Labute approximate surface area is 226 Å². The number of halogens is 2. The molecule has 7 heteroatoms. The number of carbonyl (C=O) groups is 1. The van der Waals surface area contributed by atoms with Crippen LogP contribution in [-0.4, -0.2) is 41.6 Å². The van der Waals surface area contributed by atoms with Gasteiger partial charge in [0.05, 0.1) is 0 Å². The molecule has 0 spiro atoms. The molecule has 1 aromatic heterocycles. The maximum absolute atomic E-state index is 13.4. The molecule has 0 saturated carbocycles. The molecule has 3 aromatic carbocycles. The Morgan fingerprint density at radius 3 is 2.38 bits per heavy atom. The van der Waals surface area contributed by atoms with Crippen LogP contribution in [0.4, 0.5) is 5.69 Å². The van der Waals surface area contributed by atoms with Crippen molar-refractivity contribution in [1.29, 1.82) is 5.26 Å². The van der Waals surface area contributed by atoms with E-state index in [9.17, 15) is 10.1 Å². The summed E-state index contributed by atoms with van der Waals surface area (Å²) in [4.78, 5) is 17.4. The number of hydrogen-bond acceptors (Lipinski definition) is 3. The van der Waals surface area contributed by atoms with Gasteiger partial charge in [-0.2, -0.15) is 5.26 Å². The van der Waals surface area contributed by atoms with Crippen LogP contribution in [0.25, 0.3) is 17.0 Å². The van der Waals surface area contributed by atoms with Gasteiger partial charge < -0.3 is 14.4 Å². The van der Waals surface area contributed by atoms with Crippen LogP contribution < -0.4 is 4.90 Å². The van der Waals surface area contributed by atoms with Gasteiger partial charge in [0.1, 0.15) is 11.6 Å². The zero-order valence-electron chi connectivity index (χ0n) is 20.5. The van der Waals surface area contributed by atoms with E-state index in [1.165, 1.54) is 0 Å². The maximum atomic E-state index is 13.4. The first kappa shape index (κ1) is 25.0. The van der Waals surface area contributed by atoms with Gasteiger partial charge in [0.25, 0.3) is 5.91 Å². The molecule has 1 aliphatic rings. The molecule has 5 nitrogen and oxygen atoms in total. The number of carbonyl (C=O) groups excluding carboxylic acids is 1. The fourth-order valence-electron chi connectivity index (χ4n) is 4.93. The van der Waals surface area contributed by atoms with E-state index < -0.39 is 0 Å². The third kappa shape index (κ3) is 5.09. The number of piperazine rings is 1. The van der Waals surface area contributed by atoms with Crippen molar-refractivity contribution in [2.75, 3.05) is 31.1 Å². The molecule has 0 aliphatic carbocycles. The molecule has 37 heavy (non-hydrogen) atoms. The zero-order valence-corrected chi connectivity index (χ0v) is 22.0. The van der Waals surface area contributed by atoms with E-state index in [2.05, 4.69) is 27.7 Å². The number of hydrogen-bond donors (Lipinski definition) is 0. The number of nitriles is 1. The van der Waals surface area contributed by atoms with E-state index in [1.54, 1.807) is 17.0 Å². The van der Waals surface area contributed by atoms with Crippen molar-refractivity contribution >= 4 is 51.8 Å². The summed E-state index contributed by atoms with van der Waals surface area (Å²) >= 11 is 12.6. The number of anilines is 1. The average Bonchev–Trinajstić information content (AvgIpc) is 3.19. The molecule has 0 radical (unpaired) electrons. The molecule has 1 saturated heterocycles. The minimum absolute atomic E-state index is 0.142. The van der Waals surface area contributed by atoms with Gasteiger partial charge in [-0.05, 0) is 48.9 Å². The molecular weight excluding hydrogens is 503 g/mol. The minimum atomic E-state index is -0.229. The van der Waals surface area contributed by atoms with Crippen molar-refractivity contribution in [1.82, 2.24) is 9.47 Å². The predicted octanol–water partition coefficient (Wildman–Crippen LogP) is 6.56. The van der Waals surface area contributed by atoms with Gasteiger partial charge in [-0.1, -0.05) is 65.7 Å². The van der Waals surface area contributed by atoms with Crippen LogP contribution in [0.3, 0.4) is 0 Å². The van der Waals surface area contributed by atoms with Crippen molar-refractivity contribution in [3.8, 4) is 6.07 Å². The molecule has 2 heterocycles. The first-order valence-electron chi connectivity index (χ1n) is 12.2. The standard InChI is InChI=1S/C30H26Cl2N4O/c1-21-27(26-9-5-6-10-29(26)36(21)20-22-11-12-24(31)18-28(22)32)17-23(19-33)30(37)35-15-13-34(14-16-35)25-7-3-2-4-8-25/h2-12,17-18H,13-16,20H2,1H3/b23-17-. The first-order valence-corrected chi connectivity index (χ1v) is 12.9. The molecule has 5 rings (SSSR count). The van der Waals surface area contributed by atoms with E-state index in [0.717, 1.165) is 46.5 Å². The van der Waals surface area contributed by atoms with Crippen molar-refractivity contribution < 1.29 is 4.79 Å². The zero-order chi connectivity index (χ0) is 25.9. The lowest BCUT2D eigenvalue weighted by Crippen LogP contribution is -2.49. The van der Waals surface area contributed by atoms with Gasteiger partial charge in [-0.15, -0.1) is 0 Å². The van der Waals surface area contributed by atoms with Crippen LogP contribution >= 0.6 is 23.2 Å². The molecule has 1 amide bonds. The van der Waals surface area contributed by atoms with Crippen molar-refractivity contribution in [3.63, 3.8) is 0 Å². The molecule has 1 aliphatic heterocycles. The summed E-state index contributed by atoms with van der Waals surface area (Å²) in [6.07, 6.45) is 1.74. The van der Waals surface area contributed by atoms with Gasteiger partial charge in [-0.25, -0.2) is 0 Å². The second-order valence-corrected chi connectivity index (χ2v) is 9.97. The number of rotatable bonds is 5. The summed E-state index contributed by atoms with van der Waals surface area (Å²) in [7, 11) is 0. The minimum Gasteiger partial charge on any atom is -0.368 e. The second-order valence-electron chi connectivity index (χ2n) is 9.12. The predicted molar refractivity (Wildman–Crippen MR) is 151 cm³/mol. The summed E-state index contributed by atoms with van der Waals surface area (Å²) in [5.74, 6) is -0.229. The highest BCUT2D eigenvalue weighted by Gasteiger charge is 2.25. The van der Waals surface area contributed by atoms with E-state index in [-0.39, 0.29) is 11.5 Å². The molecule has 1 fully saturated rings. The quantitative estimate of drug-likeness (QED) is 0.217. The van der Waals surface area contributed by atoms with Gasteiger partial charge in [-0.3, -0.25) is 4.79 Å². The van der Waals surface area contributed by atoms with Crippen molar-refractivity contribution in [2.24, 2.45) is 0 Å². The molecule has 0 bridgehead atoms. The second kappa shape index (κ2) is 10.7. The Balaban J connectivity index is 1.43. The molecule has 0 N–H and O–H groups in total. The Kier molecular flexibility index (Phi) is 7.23. The molecule has 4 aromatic rings. The molecular formula is C30H26Cl2N4O. The topological polar surface area (TPSA) is 52.3 Å². The highest BCUT2D eigenvalue weighted by Crippen LogP contribution is 2.31. The number of para-hydroxylation sites is 2. The molecule has 0 unspecified atom stereocenters. The van der Waals surface area contributed by atoms with E-state index >= 15 is 0 Å². The molecule has 186 valence electrons. The van der Waals surface area contributed by atoms with Crippen LogP contribution in [0, 0.1) is 18.3 Å². The van der Waals surface area contributed by atoms with Gasteiger partial charge in [0.2, 0.25) is 0 Å². The highest BCUT2D eigenvalue weighted by atomic mass is 35.5. The van der Waals surface area contributed by atoms with Crippen LogP contribution in [0.1, 0.15) is 16.8 Å². The van der Waals surface area contributed by atoms with Gasteiger partial charge >= 0.3 is 0 Å². The summed E-state index contributed by atoms with van der Waals surface area (Å²) in [5, 5.41) is 12.2. The number of fused-ring (bicyclic) bond motifs is 1. The number of nitrogens with zero attached hydrogens (tertiary/aromatic N) is 4. The molecule has 0 atom stereocenters. The van der Waals surface area contributed by atoms with Crippen LogP contribution in [0.5, 0.6) is 0 Å². The summed E-state index contributed by atoms with van der Waals surface area (Å²) < 4.78 is 2.16. The Hall–Kier alpha value is -3.72. The Morgan fingerprint density at radius 2 is 1.68 bits per heavy atom.